The van der Waals surface area contributed by atoms with Crippen LogP contribution in [0.25, 0.3) is 11.3 Å². The van der Waals surface area contributed by atoms with E-state index in [0.717, 1.165) is 17.0 Å². The molecule has 0 unspecified atom stereocenters. The van der Waals surface area contributed by atoms with E-state index in [1.54, 1.807) is 13.4 Å². The smallest absolute Gasteiger partial charge is 0.195 e. The van der Waals surface area contributed by atoms with E-state index in [1.807, 2.05) is 24.3 Å². The number of benzene rings is 1. The highest BCUT2D eigenvalue weighted by Gasteiger charge is 2.09. The van der Waals surface area contributed by atoms with Crippen molar-refractivity contribution >= 4 is 0 Å². The Morgan fingerprint density at radius 1 is 1.38 bits per heavy atom. The van der Waals surface area contributed by atoms with Gasteiger partial charge >= 0.3 is 0 Å². The molecule has 0 aliphatic rings. The lowest BCUT2D eigenvalue weighted by atomic mass is 10.1. The molecule has 0 radical (unpaired) electrons. The highest BCUT2D eigenvalue weighted by Crippen LogP contribution is 2.28. The maximum atomic E-state index is 5.44. The van der Waals surface area contributed by atoms with Gasteiger partial charge in [0.25, 0.3) is 0 Å². The van der Waals surface area contributed by atoms with Crippen LogP contribution in [0.2, 0.25) is 0 Å². The van der Waals surface area contributed by atoms with Crippen LogP contribution in [0.1, 0.15) is 5.89 Å². The van der Waals surface area contributed by atoms with Crippen LogP contribution in [-0.2, 0) is 6.42 Å². The van der Waals surface area contributed by atoms with Gasteiger partial charge in [-0.15, -0.1) is 0 Å². The Labute approximate surface area is 94.1 Å². The molecule has 1 heterocycles. The zero-order valence-electron chi connectivity index (χ0n) is 9.14. The zero-order valence-corrected chi connectivity index (χ0v) is 9.14. The third kappa shape index (κ3) is 2.06. The minimum atomic E-state index is 0.534. The molecular weight excluding hydrogens is 204 g/mol. The number of oxazole rings is 1. The van der Waals surface area contributed by atoms with Crippen LogP contribution in [0.3, 0.4) is 0 Å². The van der Waals surface area contributed by atoms with E-state index in [2.05, 4.69) is 4.98 Å². The monoisotopic (exact) mass is 218 g/mol. The van der Waals surface area contributed by atoms with Crippen LogP contribution in [0.5, 0.6) is 5.75 Å². The van der Waals surface area contributed by atoms with Crippen LogP contribution in [0.15, 0.2) is 34.9 Å². The van der Waals surface area contributed by atoms with Gasteiger partial charge in [-0.2, -0.15) is 0 Å². The van der Waals surface area contributed by atoms with Crippen molar-refractivity contribution in [1.82, 2.24) is 4.98 Å². The molecule has 0 amide bonds. The van der Waals surface area contributed by atoms with Gasteiger partial charge in [-0.3, -0.25) is 0 Å². The van der Waals surface area contributed by atoms with Crippen LogP contribution < -0.4 is 10.5 Å². The van der Waals surface area contributed by atoms with Crippen molar-refractivity contribution in [2.45, 2.75) is 6.42 Å². The number of ether oxygens (including phenoxy) is 1. The van der Waals surface area contributed by atoms with Crippen molar-refractivity contribution in [1.29, 1.82) is 0 Å². The first-order chi connectivity index (χ1) is 7.85. The Bertz CT molecular complexity index is 466. The second kappa shape index (κ2) is 4.81. The molecule has 4 heteroatoms. The number of nitrogens with two attached hydrogens (primary N) is 1. The molecule has 1 aromatic heterocycles. The molecule has 1 aromatic carbocycles. The van der Waals surface area contributed by atoms with Gasteiger partial charge in [-0.25, -0.2) is 4.98 Å². The Morgan fingerprint density at radius 2 is 2.19 bits per heavy atom. The van der Waals surface area contributed by atoms with E-state index >= 15 is 0 Å². The van der Waals surface area contributed by atoms with Gasteiger partial charge in [0, 0.05) is 18.5 Å². The first kappa shape index (κ1) is 10.7. The minimum absolute atomic E-state index is 0.534. The second-order valence-corrected chi connectivity index (χ2v) is 3.37. The van der Waals surface area contributed by atoms with Gasteiger partial charge < -0.3 is 14.9 Å². The fraction of sp³-hybridized carbons (Fsp3) is 0.250. The minimum Gasteiger partial charge on any atom is -0.496 e. The summed E-state index contributed by atoms with van der Waals surface area (Å²) in [5.41, 5.74) is 7.15. The molecule has 16 heavy (non-hydrogen) atoms. The van der Waals surface area contributed by atoms with Crippen molar-refractivity contribution in [3.63, 3.8) is 0 Å². The summed E-state index contributed by atoms with van der Waals surface area (Å²) in [6.45, 7) is 0.534. The number of aromatic nitrogens is 1. The van der Waals surface area contributed by atoms with E-state index in [1.165, 1.54) is 0 Å². The molecule has 0 atom stereocenters. The van der Waals surface area contributed by atoms with Crippen molar-refractivity contribution in [2.24, 2.45) is 5.73 Å². The normalized spacial score (nSPS) is 10.4. The molecule has 2 aromatic rings. The van der Waals surface area contributed by atoms with Gasteiger partial charge in [0.2, 0.25) is 0 Å². The molecular formula is C12H14N2O2. The molecule has 0 saturated carbocycles. The van der Waals surface area contributed by atoms with Crippen LogP contribution in [0, 0.1) is 0 Å². The quantitative estimate of drug-likeness (QED) is 0.850. The predicted molar refractivity (Wildman–Crippen MR) is 61.2 cm³/mol. The summed E-state index contributed by atoms with van der Waals surface area (Å²) in [6, 6.07) is 7.70. The van der Waals surface area contributed by atoms with Crippen molar-refractivity contribution in [3.05, 3.63) is 36.4 Å². The summed E-state index contributed by atoms with van der Waals surface area (Å²) in [5, 5.41) is 0. The molecule has 0 fully saturated rings. The third-order valence-corrected chi connectivity index (χ3v) is 2.29. The maximum absolute atomic E-state index is 5.44. The summed E-state index contributed by atoms with van der Waals surface area (Å²) < 4.78 is 10.6. The average molecular weight is 218 g/mol. The molecule has 0 spiro atoms. The number of hydrogen-bond acceptors (Lipinski definition) is 4. The Kier molecular flexibility index (Phi) is 3.22. The summed E-state index contributed by atoms with van der Waals surface area (Å²) in [7, 11) is 1.64. The first-order valence-electron chi connectivity index (χ1n) is 5.13. The molecule has 0 aliphatic heterocycles. The Morgan fingerprint density at radius 3 is 2.94 bits per heavy atom. The van der Waals surface area contributed by atoms with Crippen LogP contribution in [-0.4, -0.2) is 18.6 Å². The van der Waals surface area contributed by atoms with Crippen molar-refractivity contribution < 1.29 is 9.15 Å². The van der Waals surface area contributed by atoms with Gasteiger partial charge in [-0.1, -0.05) is 12.1 Å². The van der Waals surface area contributed by atoms with Gasteiger partial charge in [0.05, 0.1) is 7.11 Å². The number of methoxy groups -OCH3 is 1. The number of nitrogens with zero attached hydrogens (tertiary/aromatic N) is 1. The lowest BCUT2D eigenvalue weighted by Gasteiger charge is -2.04. The second-order valence-electron chi connectivity index (χ2n) is 3.37. The van der Waals surface area contributed by atoms with Gasteiger partial charge in [-0.05, 0) is 12.1 Å². The standard InChI is InChI=1S/C12H14N2O2/c1-15-11-5-3-2-4-9(11)10-8-16-12(14-10)6-7-13/h2-5,8H,6-7,13H2,1H3. The van der Waals surface area contributed by atoms with Crippen LogP contribution >= 0.6 is 0 Å². The number of para-hydroxylation sites is 1. The highest BCUT2D eigenvalue weighted by atomic mass is 16.5. The van der Waals surface area contributed by atoms with Gasteiger partial charge in [0.1, 0.15) is 17.7 Å². The largest absolute Gasteiger partial charge is 0.496 e. The van der Waals surface area contributed by atoms with E-state index in [9.17, 15) is 0 Å². The van der Waals surface area contributed by atoms with Crippen molar-refractivity contribution in [2.75, 3.05) is 13.7 Å². The van der Waals surface area contributed by atoms with E-state index < -0.39 is 0 Å². The molecule has 0 aliphatic carbocycles. The molecule has 2 rings (SSSR count). The molecule has 2 N–H and O–H groups in total. The maximum Gasteiger partial charge on any atom is 0.195 e. The Balaban J connectivity index is 2.34. The average Bonchev–Trinajstić information content (AvgIpc) is 2.78. The molecule has 0 bridgehead atoms. The fourth-order valence-corrected chi connectivity index (χ4v) is 1.53. The summed E-state index contributed by atoms with van der Waals surface area (Å²) in [4.78, 5) is 4.35. The van der Waals surface area contributed by atoms with E-state index in [4.69, 9.17) is 14.9 Å². The number of hydrogen-bond donors (Lipinski definition) is 1. The van der Waals surface area contributed by atoms with Crippen LogP contribution in [0.4, 0.5) is 0 Å². The summed E-state index contributed by atoms with van der Waals surface area (Å²) >= 11 is 0. The van der Waals surface area contributed by atoms with Crippen molar-refractivity contribution in [3.8, 4) is 17.0 Å². The summed E-state index contributed by atoms with van der Waals surface area (Å²) in [5.74, 6) is 1.44. The predicted octanol–water partition coefficient (Wildman–Crippen LogP) is 1.85. The fourth-order valence-electron chi connectivity index (χ4n) is 1.53. The van der Waals surface area contributed by atoms with E-state index in [0.29, 0.717) is 18.9 Å². The Hall–Kier alpha value is -1.81. The lowest BCUT2D eigenvalue weighted by Crippen LogP contribution is -2.02. The molecule has 4 nitrogen and oxygen atoms in total. The topological polar surface area (TPSA) is 61.3 Å². The van der Waals surface area contributed by atoms with Gasteiger partial charge in [0.15, 0.2) is 5.89 Å². The highest BCUT2D eigenvalue weighted by molar-refractivity contribution is 5.66. The lowest BCUT2D eigenvalue weighted by molar-refractivity contribution is 0.416. The molecule has 0 saturated heterocycles. The SMILES string of the molecule is COc1ccccc1-c1coc(CCN)n1. The zero-order chi connectivity index (χ0) is 11.4. The first-order valence-corrected chi connectivity index (χ1v) is 5.13. The number of rotatable bonds is 4. The third-order valence-electron chi connectivity index (χ3n) is 2.29. The van der Waals surface area contributed by atoms with E-state index in [-0.39, 0.29) is 0 Å². The summed E-state index contributed by atoms with van der Waals surface area (Å²) in [6.07, 6.45) is 2.28. The molecule has 84 valence electrons.